The monoisotopic (exact) mass is 177 g/mol. The van der Waals surface area contributed by atoms with Gasteiger partial charge >= 0.3 is 0 Å². The van der Waals surface area contributed by atoms with Gasteiger partial charge in [0.05, 0.1) is 0 Å². The fourth-order valence-electron chi connectivity index (χ4n) is 1.65. The predicted molar refractivity (Wildman–Crippen MR) is 45.4 cm³/mol. The van der Waals surface area contributed by atoms with Gasteiger partial charge in [0.1, 0.15) is 0 Å². The van der Waals surface area contributed by atoms with Crippen molar-refractivity contribution in [1.82, 2.24) is 5.32 Å². The number of rotatable bonds is 3. The molecule has 0 spiro atoms. The Labute approximate surface area is 72.5 Å². The number of nitrogens with one attached hydrogen (secondary N) is 1. The van der Waals surface area contributed by atoms with Gasteiger partial charge in [0, 0.05) is 12.8 Å². The molecule has 0 aromatic rings. The van der Waals surface area contributed by atoms with Gasteiger partial charge in [-0.3, -0.25) is 0 Å². The Morgan fingerprint density at radius 1 is 1.33 bits per heavy atom. The van der Waals surface area contributed by atoms with Crippen molar-refractivity contribution < 1.29 is 8.78 Å². The van der Waals surface area contributed by atoms with Crippen LogP contribution < -0.4 is 5.32 Å². The van der Waals surface area contributed by atoms with Crippen LogP contribution in [-0.4, -0.2) is 19.0 Å². The summed E-state index contributed by atoms with van der Waals surface area (Å²) in [5.74, 6) is -2.19. The van der Waals surface area contributed by atoms with Crippen LogP contribution in [0.4, 0.5) is 8.78 Å². The molecular weight excluding hydrogens is 160 g/mol. The largest absolute Gasteiger partial charge is 0.317 e. The van der Waals surface area contributed by atoms with Gasteiger partial charge in [0.15, 0.2) is 0 Å². The van der Waals surface area contributed by atoms with Crippen LogP contribution in [0.3, 0.4) is 0 Å². The van der Waals surface area contributed by atoms with Crippen molar-refractivity contribution in [1.29, 1.82) is 0 Å². The Morgan fingerprint density at radius 2 is 1.92 bits per heavy atom. The molecule has 0 atom stereocenters. The van der Waals surface area contributed by atoms with Gasteiger partial charge in [0.25, 0.3) is 0 Å². The van der Waals surface area contributed by atoms with Gasteiger partial charge in [0.2, 0.25) is 5.92 Å². The van der Waals surface area contributed by atoms with Crippen molar-refractivity contribution >= 4 is 0 Å². The van der Waals surface area contributed by atoms with Crippen molar-refractivity contribution in [3.05, 3.63) is 0 Å². The number of piperidine rings is 1. The van der Waals surface area contributed by atoms with E-state index in [4.69, 9.17) is 0 Å². The average Bonchev–Trinajstić information content (AvgIpc) is 2.06. The minimum absolute atomic E-state index is 0.0169. The molecule has 0 saturated carbocycles. The summed E-state index contributed by atoms with van der Waals surface area (Å²) >= 11 is 0. The Hall–Kier alpha value is -0.180. The molecule has 0 bridgehead atoms. The van der Waals surface area contributed by atoms with Crippen molar-refractivity contribution in [2.24, 2.45) is 5.92 Å². The molecule has 0 aliphatic carbocycles. The third kappa shape index (κ3) is 3.05. The maximum Gasteiger partial charge on any atom is 0.248 e. The van der Waals surface area contributed by atoms with E-state index in [1.165, 1.54) is 0 Å². The molecule has 1 rings (SSSR count). The molecule has 0 amide bonds. The lowest BCUT2D eigenvalue weighted by molar-refractivity contribution is -0.0299. The van der Waals surface area contributed by atoms with Gasteiger partial charge in [-0.15, -0.1) is 0 Å². The van der Waals surface area contributed by atoms with Crippen LogP contribution in [0.1, 0.15) is 32.6 Å². The summed E-state index contributed by atoms with van der Waals surface area (Å²) in [6.07, 6.45) is 1.90. The highest BCUT2D eigenvalue weighted by Crippen LogP contribution is 2.30. The molecular formula is C9H17F2N. The molecule has 1 heterocycles. The van der Waals surface area contributed by atoms with E-state index < -0.39 is 5.92 Å². The summed E-state index contributed by atoms with van der Waals surface area (Å²) < 4.78 is 25.8. The molecule has 12 heavy (non-hydrogen) atoms. The zero-order chi connectivity index (χ0) is 9.03. The standard InChI is InChI=1S/C9H17F2N/c1-2-9(10,11)7-8-3-5-12-6-4-8/h8,12H,2-7H2,1H3. The quantitative estimate of drug-likeness (QED) is 0.698. The normalized spacial score (nSPS) is 21.2. The van der Waals surface area contributed by atoms with Crippen molar-refractivity contribution in [2.75, 3.05) is 13.1 Å². The lowest BCUT2D eigenvalue weighted by atomic mass is 9.91. The summed E-state index contributed by atoms with van der Waals surface area (Å²) in [6.45, 7) is 3.37. The minimum atomic E-state index is -2.43. The van der Waals surface area contributed by atoms with E-state index in [2.05, 4.69) is 5.32 Å². The summed E-state index contributed by atoms with van der Waals surface area (Å²) in [7, 11) is 0. The SMILES string of the molecule is CCC(F)(F)CC1CCNCC1. The van der Waals surface area contributed by atoms with Gasteiger partial charge in [-0.1, -0.05) is 6.92 Å². The van der Waals surface area contributed by atoms with Gasteiger partial charge in [-0.2, -0.15) is 0 Å². The number of hydrogen-bond acceptors (Lipinski definition) is 1. The van der Waals surface area contributed by atoms with E-state index in [-0.39, 0.29) is 18.8 Å². The molecule has 3 heteroatoms. The van der Waals surface area contributed by atoms with E-state index in [1.807, 2.05) is 0 Å². The van der Waals surface area contributed by atoms with E-state index in [0.717, 1.165) is 25.9 Å². The smallest absolute Gasteiger partial charge is 0.248 e. The van der Waals surface area contributed by atoms with E-state index in [1.54, 1.807) is 6.92 Å². The minimum Gasteiger partial charge on any atom is -0.317 e. The second-order valence-corrected chi connectivity index (χ2v) is 3.61. The Balaban J connectivity index is 2.28. The van der Waals surface area contributed by atoms with E-state index >= 15 is 0 Å². The fraction of sp³-hybridized carbons (Fsp3) is 1.00. The van der Waals surface area contributed by atoms with Crippen LogP contribution in [0.5, 0.6) is 0 Å². The third-order valence-electron chi connectivity index (χ3n) is 2.56. The van der Waals surface area contributed by atoms with Crippen molar-refractivity contribution in [3.63, 3.8) is 0 Å². The number of alkyl halides is 2. The van der Waals surface area contributed by atoms with E-state index in [0.29, 0.717) is 0 Å². The lowest BCUT2D eigenvalue weighted by Gasteiger charge is -2.26. The van der Waals surface area contributed by atoms with Crippen LogP contribution in [-0.2, 0) is 0 Å². The fourth-order valence-corrected chi connectivity index (χ4v) is 1.65. The van der Waals surface area contributed by atoms with Gasteiger partial charge in [-0.05, 0) is 31.8 Å². The Morgan fingerprint density at radius 3 is 2.42 bits per heavy atom. The zero-order valence-electron chi connectivity index (χ0n) is 7.58. The van der Waals surface area contributed by atoms with Gasteiger partial charge < -0.3 is 5.32 Å². The molecule has 1 fully saturated rings. The molecule has 1 aliphatic rings. The van der Waals surface area contributed by atoms with Gasteiger partial charge in [-0.25, -0.2) is 8.78 Å². The average molecular weight is 177 g/mol. The Bertz CT molecular complexity index is 130. The highest BCUT2D eigenvalue weighted by Gasteiger charge is 2.30. The number of halogens is 2. The first-order valence-corrected chi connectivity index (χ1v) is 4.72. The zero-order valence-corrected chi connectivity index (χ0v) is 7.58. The lowest BCUT2D eigenvalue weighted by Crippen LogP contribution is -2.31. The molecule has 1 nitrogen and oxygen atoms in total. The van der Waals surface area contributed by atoms with Crippen LogP contribution in [0.25, 0.3) is 0 Å². The highest BCUT2D eigenvalue weighted by molar-refractivity contribution is 4.75. The molecule has 0 aromatic heterocycles. The van der Waals surface area contributed by atoms with Crippen molar-refractivity contribution in [2.45, 2.75) is 38.5 Å². The number of hydrogen-bond donors (Lipinski definition) is 1. The maximum absolute atomic E-state index is 12.9. The van der Waals surface area contributed by atoms with Crippen molar-refractivity contribution in [3.8, 4) is 0 Å². The van der Waals surface area contributed by atoms with Crippen LogP contribution in [0.15, 0.2) is 0 Å². The highest BCUT2D eigenvalue weighted by atomic mass is 19.3. The molecule has 72 valence electrons. The summed E-state index contributed by atoms with van der Waals surface area (Å²) in [5, 5.41) is 3.17. The summed E-state index contributed by atoms with van der Waals surface area (Å²) in [6, 6.07) is 0. The topological polar surface area (TPSA) is 12.0 Å². The first-order valence-electron chi connectivity index (χ1n) is 4.72. The second kappa shape index (κ2) is 4.17. The summed E-state index contributed by atoms with van der Waals surface area (Å²) in [4.78, 5) is 0. The second-order valence-electron chi connectivity index (χ2n) is 3.61. The Kier molecular flexibility index (Phi) is 3.44. The molecule has 0 aromatic carbocycles. The first-order chi connectivity index (χ1) is 5.64. The molecule has 1 N–H and O–H groups in total. The van der Waals surface area contributed by atoms with Crippen LogP contribution in [0, 0.1) is 5.92 Å². The van der Waals surface area contributed by atoms with E-state index in [9.17, 15) is 8.78 Å². The molecule has 0 unspecified atom stereocenters. The predicted octanol–water partition coefficient (Wildman–Crippen LogP) is 2.42. The molecule has 1 saturated heterocycles. The first kappa shape index (κ1) is 9.90. The summed E-state index contributed by atoms with van der Waals surface area (Å²) in [5.41, 5.74) is 0. The molecule has 0 radical (unpaired) electrons. The van der Waals surface area contributed by atoms with Crippen LogP contribution >= 0.6 is 0 Å². The molecule has 1 aliphatic heterocycles. The van der Waals surface area contributed by atoms with Crippen LogP contribution in [0.2, 0.25) is 0 Å². The third-order valence-corrected chi connectivity index (χ3v) is 2.56. The maximum atomic E-state index is 12.9.